The molecule has 0 radical (unpaired) electrons. The molecular weight excluding hydrogens is 332 g/mol. The van der Waals surface area contributed by atoms with Gasteiger partial charge in [-0.3, -0.25) is 4.79 Å². The van der Waals surface area contributed by atoms with E-state index < -0.39 is 24.3 Å². The van der Waals surface area contributed by atoms with E-state index in [0.717, 1.165) is 12.8 Å². The third-order valence-corrected chi connectivity index (χ3v) is 5.92. The summed E-state index contributed by atoms with van der Waals surface area (Å²) in [5.41, 5.74) is 0. The lowest BCUT2D eigenvalue weighted by atomic mass is 9.84. The summed E-state index contributed by atoms with van der Waals surface area (Å²) in [4.78, 5) is 10.5. The lowest BCUT2D eigenvalue weighted by molar-refractivity contribution is -0.137. The molecule has 0 saturated heterocycles. The molecule has 5 heteroatoms. The van der Waals surface area contributed by atoms with Gasteiger partial charge in [0.2, 0.25) is 0 Å². The molecule has 0 aromatic heterocycles. The molecule has 2 rings (SSSR count). The summed E-state index contributed by atoms with van der Waals surface area (Å²) < 4.78 is 0. The first kappa shape index (κ1) is 21.1. The van der Waals surface area contributed by atoms with E-state index in [1.54, 1.807) is 0 Å². The van der Waals surface area contributed by atoms with E-state index in [2.05, 4.69) is 0 Å². The van der Waals surface area contributed by atoms with E-state index in [9.17, 15) is 20.1 Å². The number of aliphatic hydroxyl groups is 3. The number of aliphatic carboxylic acids is 1. The summed E-state index contributed by atoms with van der Waals surface area (Å²) in [7, 11) is 0. The minimum absolute atomic E-state index is 0.0597. The largest absolute Gasteiger partial charge is 0.481 e. The van der Waals surface area contributed by atoms with Crippen LogP contribution >= 0.6 is 0 Å². The van der Waals surface area contributed by atoms with Crippen molar-refractivity contribution >= 4 is 5.97 Å². The SMILES string of the molecule is O=C(O)CCC/C=C/C[C@@H]1[C@@H](/C=C\[C@@H](O)C2CCCCC2)[C@H](O)C[C@@H]1O. The first-order valence-corrected chi connectivity index (χ1v) is 10.1. The van der Waals surface area contributed by atoms with Gasteiger partial charge >= 0.3 is 5.97 Å². The fourth-order valence-electron chi connectivity index (χ4n) is 4.32. The Balaban J connectivity index is 1.84. The van der Waals surface area contributed by atoms with Gasteiger partial charge in [-0.1, -0.05) is 43.6 Å². The monoisotopic (exact) mass is 366 g/mol. The van der Waals surface area contributed by atoms with Crippen molar-refractivity contribution in [3.8, 4) is 0 Å². The standard InChI is InChI=1S/C21H34O5/c22-18(15-8-4-3-5-9-15)13-12-17-16(19(23)14-20(17)24)10-6-1-2-7-11-21(25)26/h1,6,12-13,15-20,22-24H,2-5,7-11,14H2,(H,25,26)/b6-1+,13-12-/t16-,17-,18-,19+,20-/m1/s1. The Kier molecular flexibility index (Phi) is 8.82. The molecule has 0 aliphatic heterocycles. The van der Waals surface area contributed by atoms with Crippen LogP contribution in [0, 0.1) is 17.8 Å². The molecule has 4 N–H and O–H groups in total. The highest BCUT2D eigenvalue weighted by molar-refractivity contribution is 5.66. The van der Waals surface area contributed by atoms with Gasteiger partial charge in [-0.15, -0.1) is 0 Å². The highest BCUT2D eigenvalue weighted by atomic mass is 16.4. The lowest BCUT2D eigenvalue weighted by Crippen LogP contribution is -2.23. The Hall–Kier alpha value is -1.17. The Morgan fingerprint density at radius 3 is 2.50 bits per heavy atom. The predicted molar refractivity (Wildman–Crippen MR) is 101 cm³/mol. The number of carboxylic acids is 1. The second-order valence-corrected chi connectivity index (χ2v) is 7.88. The molecule has 0 bridgehead atoms. The van der Waals surface area contributed by atoms with Crippen LogP contribution < -0.4 is 0 Å². The number of unbranched alkanes of at least 4 members (excludes halogenated alkanes) is 1. The number of aliphatic hydroxyl groups excluding tert-OH is 3. The number of rotatable bonds is 9. The van der Waals surface area contributed by atoms with Gasteiger partial charge < -0.3 is 20.4 Å². The molecule has 2 fully saturated rings. The Morgan fingerprint density at radius 1 is 1.08 bits per heavy atom. The smallest absolute Gasteiger partial charge is 0.303 e. The summed E-state index contributed by atoms with van der Waals surface area (Å²) >= 11 is 0. The van der Waals surface area contributed by atoms with Gasteiger partial charge in [-0.25, -0.2) is 0 Å². The lowest BCUT2D eigenvalue weighted by Gasteiger charge is -2.25. The molecule has 5 atom stereocenters. The van der Waals surface area contributed by atoms with Crippen molar-refractivity contribution in [2.24, 2.45) is 17.8 Å². The van der Waals surface area contributed by atoms with Crippen LogP contribution in [0.25, 0.3) is 0 Å². The maximum absolute atomic E-state index is 10.5. The second kappa shape index (κ2) is 10.9. The van der Waals surface area contributed by atoms with Gasteiger partial charge in [0.25, 0.3) is 0 Å². The molecule has 0 heterocycles. The normalized spacial score (nSPS) is 31.8. The van der Waals surface area contributed by atoms with Gasteiger partial charge in [0, 0.05) is 18.8 Å². The van der Waals surface area contributed by atoms with E-state index in [4.69, 9.17) is 5.11 Å². The van der Waals surface area contributed by atoms with Crippen molar-refractivity contribution in [3.63, 3.8) is 0 Å². The minimum Gasteiger partial charge on any atom is -0.481 e. The molecule has 2 saturated carbocycles. The first-order chi connectivity index (χ1) is 12.5. The summed E-state index contributed by atoms with van der Waals surface area (Å²) in [6.07, 6.45) is 14.3. The summed E-state index contributed by atoms with van der Waals surface area (Å²) in [5.74, 6) is -0.673. The molecule has 2 aliphatic carbocycles. The quantitative estimate of drug-likeness (QED) is 0.371. The van der Waals surface area contributed by atoms with E-state index in [0.29, 0.717) is 31.6 Å². The van der Waals surface area contributed by atoms with E-state index in [1.807, 2.05) is 24.3 Å². The van der Waals surface area contributed by atoms with Crippen molar-refractivity contribution in [3.05, 3.63) is 24.3 Å². The highest BCUT2D eigenvalue weighted by Crippen LogP contribution is 2.37. The third-order valence-electron chi connectivity index (χ3n) is 5.92. The van der Waals surface area contributed by atoms with Crippen molar-refractivity contribution in [1.29, 1.82) is 0 Å². The number of carbonyl (C=O) groups is 1. The third kappa shape index (κ3) is 6.53. The molecular formula is C21H34O5. The topological polar surface area (TPSA) is 98.0 Å². The van der Waals surface area contributed by atoms with E-state index in [-0.39, 0.29) is 18.3 Å². The number of carboxylic acid groups (broad SMARTS) is 1. The minimum atomic E-state index is -0.783. The molecule has 0 aromatic rings. The van der Waals surface area contributed by atoms with Crippen molar-refractivity contribution in [1.82, 2.24) is 0 Å². The molecule has 0 amide bonds. The van der Waals surface area contributed by atoms with Crippen molar-refractivity contribution in [2.75, 3.05) is 0 Å². The van der Waals surface area contributed by atoms with Crippen molar-refractivity contribution in [2.45, 2.75) is 82.5 Å². The van der Waals surface area contributed by atoms with Gasteiger partial charge in [0.1, 0.15) is 0 Å². The van der Waals surface area contributed by atoms with Crippen LogP contribution in [-0.2, 0) is 4.79 Å². The Morgan fingerprint density at radius 2 is 1.81 bits per heavy atom. The average Bonchev–Trinajstić information content (AvgIpc) is 2.89. The molecule has 5 nitrogen and oxygen atoms in total. The van der Waals surface area contributed by atoms with Crippen LogP contribution in [0.2, 0.25) is 0 Å². The van der Waals surface area contributed by atoms with Crippen LogP contribution in [0.5, 0.6) is 0 Å². The van der Waals surface area contributed by atoms with E-state index in [1.165, 1.54) is 19.3 Å². The fourth-order valence-corrected chi connectivity index (χ4v) is 4.32. The molecule has 0 unspecified atom stereocenters. The van der Waals surface area contributed by atoms with Gasteiger partial charge in [0.15, 0.2) is 0 Å². The number of hydrogen-bond donors (Lipinski definition) is 4. The fraction of sp³-hybridized carbons (Fsp3) is 0.762. The van der Waals surface area contributed by atoms with Crippen molar-refractivity contribution < 1.29 is 25.2 Å². The summed E-state index contributed by atoms with van der Waals surface area (Å²) in [5, 5.41) is 39.5. The zero-order chi connectivity index (χ0) is 18.9. The Labute approximate surface area is 156 Å². The van der Waals surface area contributed by atoms with Crippen LogP contribution in [-0.4, -0.2) is 44.7 Å². The van der Waals surface area contributed by atoms with Gasteiger partial charge in [0.05, 0.1) is 18.3 Å². The zero-order valence-corrected chi connectivity index (χ0v) is 15.5. The highest BCUT2D eigenvalue weighted by Gasteiger charge is 2.39. The zero-order valence-electron chi connectivity index (χ0n) is 15.5. The molecule has 148 valence electrons. The molecule has 0 spiro atoms. The number of allylic oxidation sites excluding steroid dienone is 2. The van der Waals surface area contributed by atoms with Gasteiger partial charge in [-0.2, -0.15) is 0 Å². The van der Waals surface area contributed by atoms with E-state index >= 15 is 0 Å². The first-order valence-electron chi connectivity index (χ1n) is 10.1. The van der Waals surface area contributed by atoms with Gasteiger partial charge in [-0.05, 0) is 43.9 Å². The summed E-state index contributed by atoms with van der Waals surface area (Å²) in [6, 6.07) is 0. The van der Waals surface area contributed by atoms with Crippen LogP contribution in [0.15, 0.2) is 24.3 Å². The number of hydrogen-bond acceptors (Lipinski definition) is 4. The Bertz CT molecular complexity index is 481. The molecule has 26 heavy (non-hydrogen) atoms. The maximum atomic E-state index is 10.5. The van der Waals surface area contributed by atoms with Crippen LogP contribution in [0.1, 0.15) is 64.2 Å². The molecule has 2 aliphatic rings. The average molecular weight is 366 g/mol. The van der Waals surface area contributed by atoms with Crippen LogP contribution in [0.4, 0.5) is 0 Å². The second-order valence-electron chi connectivity index (χ2n) is 7.88. The summed E-state index contributed by atoms with van der Waals surface area (Å²) in [6.45, 7) is 0. The van der Waals surface area contributed by atoms with Crippen LogP contribution in [0.3, 0.4) is 0 Å². The molecule has 0 aromatic carbocycles. The predicted octanol–water partition coefficient (Wildman–Crippen LogP) is 3.04. The maximum Gasteiger partial charge on any atom is 0.303 e.